The average Bonchev–Trinajstić information content (AvgIpc) is 1.65. The first-order valence-corrected chi connectivity index (χ1v) is 41.8. The summed E-state index contributed by atoms with van der Waals surface area (Å²) in [5.74, 6) is 0. The van der Waals surface area contributed by atoms with E-state index < -0.39 is 18.0 Å². The fourth-order valence-electron chi connectivity index (χ4n) is 19.4. The zero-order valence-electron chi connectivity index (χ0n) is 61.1. The summed E-state index contributed by atoms with van der Waals surface area (Å²) in [5.41, 5.74) is 24.8. The second kappa shape index (κ2) is 25.6. The van der Waals surface area contributed by atoms with Crippen molar-refractivity contribution >= 4 is 146 Å². The van der Waals surface area contributed by atoms with E-state index in [1.54, 1.807) is 0 Å². The maximum absolute atomic E-state index is 15.4. The number of furan rings is 1. The van der Waals surface area contributed by atoms with Crippen molar-refractivity contribution in [3.8, 4) is 11.4 Å². The van der Waals surface area contributed by atoms with Crippen LogP contribution in [0.25, 0.3) is 76.9 Å². The lowest BCUT2D eigenvalue weighted by atomic mass is 9.62. The molecule has 9 heteroatoms. The average molecular weight is 1500 g/mol. The number of benzene rings is 17. The summed E-state index contributed by atoms with van der Waals surface area (Å²) in [6.45, 7) is 0. The molecule has 17 aromatic carbocycles. The van der Waals surface area contributed by atoms with Crippen molar-refractivity contribution in [1.29, 1.82) is 0 Å². The van der Waals surface area contributed by atoms with Crippen LogP contribution in [0.2, 0.25) is 0 Å². The summed E-state index contributed by atoms with van der Waals surface area (Å²) in [5, 5.41) is 9.63. The highest BCUT2D eigenvalue weighted by atomic mass is 32.2. The molecule has 0 saturated heterocycles. The number of para-hydroxylation sites is 9. The largest absolute Gasteiger partial charge is 0.456 e. The van der Waals surface area contributed by atoms with Crippen LogP contribution in [0.4, 0.5) is 34.1 Å². The molecule has 4 aliphatic rings. The van der Waals surface area contributed by atoms with E-state index in [1.807, 2.05) is 90.3 Å². The molecule has 0 bridgehead atoms. The Labute approximate surface area is 662 Å². The van der Waals surface area contributed by atoms with Crippen molar-refractivity contribution in [3.63, 3.8) is 0 Å². The lowest BCUT2D eigenvalue weighted by Crippen LogP contribution is -2.39. The number of hydrogen-bond donors (Lipinski definition) is 0. The van der Waals surface area contributed by atoms with Crippen LogP contribution in [0.15, 0.2) is 430 Å². The van der Waals surface area contributed by atoms with Crippen LogP contribution < -0.4 is 25.7 Å². The van der Waals surface area contributed by atoms with Gasteiger partial charge >= 0.3 is 0 Å². The third-order valence-corrected chi connectivity index (χ3v) is 29.4. The predicted octanol–water partition coefficient (Wildman–Crippen LogP) is 26.4. The Morgan fingerprint density at radius 2 is 0.593 bits per heavy atom. The molecule has 0 aliphatic carbocycles. The molecule has 4 aliphatic heterocycles. The molecular weight excluding hydrogens is 1430 g/mol. The summed E-state index contributed by atoms with van der Waals surface area (Å²) in [6.07, 6.45) is 0. The van der Waals surface area contributed by atoms with E-state index >= 15 is 4.57 Å². The van der Waals surface area contributed by atoms with Gasteiger partial charge in [-0.1, -0.05) is 309 Å². The van der Waals surface area contributed by atoms with Gasteiger partial charge in [-0.05, 0) is 166 Å². The number of anilines is 6. The van der Waals surface area contributed by atoms with Gasteiger partial charge in [0.2, 0.25) is 0 Å². The highest BCUT2D eigenvalue weighted by Crippen LogP contribution is 2.67. The van der Waals surface area contributed by atoms with Crippen molar-refractivity contribution in [2.45, 2.75) is 30.4 Å². The van der Waals surface area contributed by atoms with Gasteiger partial charge in [0, 0.05) is 90.6 Å². The first-order chi connectivity index (χ1) is 56.0. The molecule has 0 N–H and O–H groups in total. The fraction of sp³-hybridized carbons (Fsp3) is 0.0192. The van der Waals surface area contributed by atoms with E-state index in [-0.39, 0.29) is 0 Å². The van der Waals surface area contributed by atoms with Gasteiger partial charge in [-0.2, -0.15) is 0 Å². The normalized spacial score (nSPS) is 13.9. The minimum absolute atomic E-state index is 0.560. The predicted molar refractivity (Wildman–Crippen MR) is 470 cm³/mol. The lowest BCUT2D eigenvalue weighted by Gasteiger charge is -2.49. The quantitative estimate of drug-likeness (QED) is 0.148. The van der Waals surface area contributed by atoms with Crippen molar-refractivity contribution in [2.24, 2.45) is 0 Å². The van der Waals surface area contributed by atoms with Crippen molar-refractivity contribution in [2.75, 3.05) is 9.80 Å². The van der Waals surface area contributed by atoms with Gasteiger partial charge in [0.25, 0.3) is 0 Å². The van der Waals surface area contributed by atoms with Gasteiger partial charge in [0.1, 0.15) is 11.2 Å². The number of aromatic nitrogens is 2. The van der Waals surface area contributed by atoms with Crippen molar-refractivity contribution in [3.05, 3.63) is 451 Å². The minimum atomic E-state index is -3.15. The molecule has 2 spiro atoms. The maximum atomic E-state index is 15.4. The third-order valence-electron chi connectivity index (χ3n) is 23.9. The van der Waals surface area contributed by atoms with Crippen LogP contribution in [-0.2, 0) is 15.4 Å². The standard InChI is InChI=1S/C55H37N2OPS.C49H30N2OS/c58-59(40-20-6-2-7-21-40,41-22-8-3-9-23-41)42-34-32-39(33-35-42)57-49-28-14-10-24-43(49)44-36-37-48-54(53(44)57)60-52-31-17-13-27-47(52)55(48)45-25-11-15-29-50(45)56(38-18-4-1-5-19-38)51-30-16-12-26-46(51)55;1-2-14-31(15-3-1)50-42-22-10-6-18-37(42)49(38-19-7-11-23-43(38)50)39-20-8-13-25-46(39)53-48-40(49)28-27-35-33-16-4-9-21-41(33)51(47(35)48)32-26-29-45-36(30-32)34-17-5-12-24-44(34)52-45/h1-37H;1-30H. The SMILES string of the molecule is O=P(c1ccccc1)(c1ccccc1)c1ccc(-n2c3ccccc3c3ccc4c(c32)Sc2ccccc2C42c3ccccc3N(c3ccccc3)c3ccccc32)cc1.c1ccc(N2c3ccccc3C3(c4ccccc4Sc4c3ccc3c5ccccc5n(-c5ccc6oc7ccccc7c6c5)c43)c3ccccc32)cc1. The zero-order chi connectivity index (χ0) is 74.5. The lowest BCUT2D eigenvalue weighted by molar-refractivity contribution is 0.592. The van der Waals surface area contributed by atoms with E-state index in [9.17, 15) is 0 Å². The van der Waals surface area contributed by atoms with E-state index in [0.29, 0.717) is 0 Å². The van der Waals surface area contributed by atoms with Gasteiger partial charge in [0.05, 0.1) is 55.6 Å². The summed E-state index contributed by atoms with van der Waals surface area (Å²) in [6, 6.07) is 146. The first kappa shape index (κ1) is 65.5. The Bertz CT molecular complexity index is 7180. The summed E-state index contributed by atoms with van der Waals surface area (Å²) in [7, 11) is -3.15. The molecule has 0 saturated carbocycles. The Morgan fingerprint density at radius 1 is 0.248 bits per heavy atom. The Hall–Kier alpha value is -13.3. The molecule has 0 fully saturated rings. The maximum Gasteiger partial charge on any atom is 0.171 e. The summed E-state index contributed by atoms with van der Waals surface area (Å²) < 4.78 is 26.7. The number of nitrogens with zero attached hydrogens (tertiary/aromatic N) is 4. The van der Waals surface area contributed by atoms with Crippen molar-refractivity contribution in [1.82, 2.24) is 9.13 Å². The first-order valence-electron chi connectivity index (χ1n) is 38.5. The van der Waals surface area contributed by atoms with Crippen LogP contribution in [-0.4, -0.2) is 9.13 Å². The molecule has 6 nitrogen and oxygen atoms in total. The highest BCUT2D eigenvalue weighted by molar-refractivity contribution is 8.00. The van der Waals surface area contributed by atoms with Gasteiger partial charge in [-0.15, -0.1) is 0 Å². The van der Waals surface area contributed by atoms with Crippen LogP contribution in [0.1, 0.15) is 44.5 Å². The van der Waals surface area contributed by atoms with Crippen LogP contribution in [0, 0.1) is 0 Å². The van der Waals surface area contributed by atoms with Crippen LogP contribution >= 0.6 is 30.7 Å². The second-order valence-electron chi connectivity index (χ2n) is 29.6. The molecule has 7 heterocycles. The molecule has 0 unspecified atom stereocenters. The van der Waals surface area contributed by atoms with Gasteiger partial charge in [0.15, 0.2) is 7.14 Å². The van der Waals surface area contributed by atoms with Gasteiger partial charge < -0.3 is 27.9 Å². The molecule has 113 heavy (non-hydrogen) atoms. The highest BCUT2D eigenvalue weighted by Gasteiger charge is 2.53. The number of fused-ring (bicyclic) bond motifs is 27. The van der Waals surface area contributed by atoms with Crippen molar-refractivity contribution < 1.29 is 8.98 Å². The van der Waals surface area contributed by atoms with E-state index in [4.69, 9.17) is 4.42 Å². The smallest absolute Gasteiger partial charge is 0.171 e. The Kier molecular flexibility index (Phi) is 14.9. The molecule has 0 atom stereocenters. The zero-order valence-corrected chi connectivity index (χ0v) is 63.6. The van der Waals surface area contributed by atoms with Crippen LogP contribution in [0.3, 0.4) is 0 Å². The molecular formula is C104H67N4O2PS2. The summed E-state index contributed by atoms with van der Waals surface area (Å²) in [4.78, 5) is 9.92. The van der Waals surface area contributed by atoms with Crippen LogP contribution in [0.5, 0.6) is 0 Å². The molecule has 532 valence electrons. The molecule has 24 rings (SSSR count). The second-order valence-corrected chi connectivity index (χ2v) is 34.4. The van der Waals surface area contributed by atoms with Gasteiger partial charge in [-0.25, -0.2) is 0 Å². The molecule has 20 aromatic rings. The fourth-order valence-corrected chi connectivity index (χ4v) is 24.7. The Morgan fingerprint density at radius 3 is 1.05 bits per heavy atom. The summed E-state index contributed by atoms with van der Waals surface area (Å²) >= 11 is 3.78. The Balaban J connectivity index is 0.000000135. The number of hydrogen-bond acceptors (Lipinski definition) is 6. The molecule has 3 aromatic heterocycles. The van der Waals surface area contributed by atoms with E-state index in [2.05, 4.69) is 359 Å². The van der Waals surface area contributed by atoms with Gasteiger partial charge in [-0.3, -0.25) is 0 Å². The minimum Gasteiger partial charge on any atom is -0.456 e. The molecule has 0 amide bonds. The molecule has 0 radical (unpaired) electrons. The van der Waals surface area contributed by atoms with E-state index in [0.717, 1.165) is 66.1 Å². The number of rotatable bonds is 7. The topological polar surface area (TPSA) is 46.6 Å². The third kappa shape index (κ3) is 9.43. The monoisotopic (exact) mass is 1500 g/mol. The van der Waals surface area contributed by atoms with E-state index in [1.165, 1.54) is 125 Å².